The van der Waals surface area contributed by atoms with E-state index in [0.29, 0.717) is 11.1 Å². The molecule has 0 spiro atoms. The molecule has 0 aromatic heterocycles. The molecular formula is C21H19F6NO3. The lowest BCUT2D eigenvalue weighted by molar-refractivity contribution is -0.138. The second-order valence-electron chi connectivity index (χ2n) is 7.67. The van der Waals surface area contributed by atoms with Crippen molar-refractivity contribution in [2.24, 2.45) is 0 Å². The van der Waals surface area contributed by atoms with E-state index in [2.05, 4.69) is 0 Å². The molecule has 2 aliphatic rings. The van der Waals surface area contributed by atoms with Crippen LogP contribution in [0.15, 0.2) is 48.5 Å². The van der Waals surface area contributed by atoms with Crippen LogP contribution in [0.3, 0.4) is 0 Å². The summed E-state index contributed by atoms with van der Waals surface area (Å²) in [5.74, 6) is 0. The van der Waals surface area contributed by atoms with Gasteiger partial charge in [-0.2, -0.15) is 26.3 Å². The largest absolute Gasteiger partial charge is 0.416 e. The van der Waals surface area contributed by atoms with Gasteiger partial charge in [-0.25, -0.2) is 4.90 Å². The average molecular weight is 447 g/mol. The Morgan fingerprint density at radius 2 is 1.16 bits per heavy atom. The number of hydrogen-bond acceptors (Lipinski definition) is 4. The van der Waals surface area contributed by atoms with Crippen LogP contribution in [0.1, 0.15) is 41.1 Å². The summed E-state index contributed by atoms with van der Waals surface area (Å²) in [7, 11) is 0. The zero-order chi connectivity index (χ0) is 22.4. The lowest BCUT2D eigenvalue weighted by Crippen LogP contribution is -2.45. The molecule has 31 heavy (non-hydrogen) atoms. The molecule has 2 heterocycles. The smallest absolute Gasteiger partial charge is 0.396 e. The maximum Gasteiger partial charge on any atom is 0.416 e. The van der Waals surface area contributed by atoms with Crippen LogP contribution in [-0.4, -0.2) is 35.4 Å². The van der Waals surface area contributed by atoms with Crippen molar-refractivity contribution < 1.29 is 40.9 Å². The summed E-state index contributed by atoms with van der Waals surface area (Å²) in [6.45, 7) is 0.148. The van der Waals surface area contributed by atoms with Gasteiger partial charge in [0.25, 0.3) is 0 Å². The molecule has 0 bridgehead atoms. The van der Waals surface area contributed by atoms with E-state index >= 15 is 0 Å². The van der Waals surface area contributed by atoms with Crippen molar-refractivity contribution in [3.8, 4) is 0 Å². The van der Waals surface area contributed by atoms with Crippen LogP contribution in [-0.2, 0) is 21.8 Å². The highest BCUT2D eigenvalue weighted by Gasteiger charge is 2.56. The van der Waals surface area contributed by atoms with Gasteiger partial charge in [-0.3, -0.25) is 0 Å². The van der Waals surface area contributed by atoms with Crippen LogP contribution in [0.5, 0.6) is 0 Å². The number of nitrogens with zero attached hydrogens (tertiary/aromatic N) is 1. The third-order valence-corrected chi connectivity index (χ3v) is 5.70. The number of halogens is 6. The summed E-state index contributed by atoms with van der Waals surface area (Å²) < 4.78 is 89.2. The Hall–Kier alpha value is -2.14. The van der Waals surface area contributed by atoms with E-state index in [1.54, 1.807) is 4.90 Å². The maximum atomic E-state index is 12.9. The summed E-state index contributed by atoms with van der Waals surface area (Å²) in [6, 6.07) is 9.05. The Labute approximate surface area is 174 Å². The van der Waals surface area contributed by atoms with Crippen molar-refractivity contribution in [1.82, 2.24) is 4.90 Å². The average Bonchev–Trinajstić information content (AvgIpc) is 3.24. The van der Waals surface area contributed by atoms with E-state index in [4.69, 9.17) is 9.47 Å². The molecule has 0 aliphatic carbocycles. The predicted molar refractivity (Wildman–Crippen MR) is 96.5 cm³/mol. The van der Waals surface area contributed by atoms with E-state index in [1.165, 1.54) is 24.3 Å². The summed E-state index contributed by atoms with van der Waals surface area (Å²) in [5.41, 5.74) is -1.43. The van der Waals surface area contributed by atoms with Crippen LogP contribution in [0, 0.1) is 0 Å². The van der Waals surface area contributed by atoms with E-state index in [9.17, 15) is 31.4 Å². The fraction of sp³-hybridized carbons (Fsp3) is 0.429. The Balaban J connectivity index is 1.67. The van der Waals surface area contributed by atoms with E-state index in [0.717, 1.165) is 24.3 Å². The molecule has 4 nitrogen and oxygen atoms in total. The van der Waals surface area contributed by atoms with Gasteiger partial charge in [-0.1, -0.05) is 24.3 Å². The first-order valence-electron chi connectivity index (χ1n) is 9.52. The number of rotatable bonds is 4. The summed E-state index contributed by atoms with van der Waals surface area (Å²) in [5, 5.41) is 9.55. The molecule has 1 unspecified atom stereocenters. The fourth-order valence-electron chi connectivity index (χ4n) is 4.11. The SMILES string of the molecule is OCCC12CO[C@H](c3ccc(C(F)(F)F)cc3)N1[C@H](c1ccc(C(F)(F)F)cc1)OC2. The number of aliphatic hydroxyl groups is 1. The highest BCUT2D eigenvalue weighted by atomic mass is 19.4. The normalized spacial score (nSPS) is 26.9. The van der Waals surface area contributed by atoms with Gasteiger partial charge in [0.15, 0.2) is 0 Å². The standard InChI is InChI=1S/C21H19F6NO3/c22-20(23,24)15-5-1-13(2-6-15)17-28-18(31-12-19(28,9-10-29)11-30-17)14-3-7-16(8-4-14)21(25,26)27/h1-8,17-18,29H,9-12H2/t17-,18+,19?. The molecule has 0 radical (unpaired) electrons. The lowest BCUT2D eigenvalue weighted by Gasteiger charge is -2.34. The Morgan fingerprint density at radius 1 is 0.774 bits per heavy atom. The molecule has 2 aromatic rings. The third-order valence-electron chi connectivity index (χ3n) is 5.70. The second-order valence-corrected chi connectivity index (χ2v) is 7.67. The molecule has 168 valence electrons. The lowest BCUT2D eigenvalue weighted by atomic mass is 9.96. The van der Waals surface area contributed by atoms with Gasteiger partial charge in [0.05, 0.1) is 29.9 Å². The number of ether oxygens (including phenoxy) is 2. The number of fused-ring (bicyclic) bond motifs is 1. The number of aliphatic hydroxyl groups excluding tert-OH is 1. The molecule has 10 heteroatoms. The predicted octanol–water partition coefficient (Wildman–Crippen LogP) is 4.91. The van der Waals surface area contributed by atoms with Gasteiger partial charge in [0, 0.05) is 6.61 Å². The molecule has 2 fully saturated rings. The van der Waals surface area contributed by atoms with Gasteiger partial charge in [0.2, 0.25) is 0 Å². The Morgan fingerprint density at radius 3 is 1.48 bits per heavy atom. The number of benzene rings is 2. The molecule has 3 atom stereocenters. The van der Waals surface area contributed by atoms with E-state index in [-0.39, 0.29) is 26.2 Å². The third kappa shape index (κ3) is 4.05. The van der Waals surface area contributed by atoms with Crippen molar-refractivity contribution in [2.45, 2.75) is 36.8 Å². The van der Waals surface area contributed by atoms with Gasteiger partial charge in [-0.05, 0) is 41.8 Å². The van der Waals surface area contributed by atoms with Gasteiger partial charge < -0.3 is 14.6 Å². The maximum absolute atomic E-state index is 12.9. The van der Waals surface area contributed by atoms with Gasteiger partial charge in [0.1, 0.15) is 12.5 Å². The Bertz CT molecular complexity index is 841. The van der Waals surface area contributed by atoms with Crippen molar-refractivity contribution in [2.75, 3.05) is 19.8 Å². The molecule has 0 amide bonds. The minimum atomic E-state index is -4.48. The highest BCUT2D eigenvalue weighted by Crippen LogP contribution is 2.50. The quantitative estimate of drug-likeness (QED) is 0.677. The molecular weight excluding hydrogens is 428 g/mol. The highest BCUT2D eigenvalue weighted by molar-refractivity contribution is 5.30. The van der Waals surface area contributed by atoms with Crippen molar-refractivity contribution in [3.05, 3.63) is 70.8 Å². The zero-order valence-electron chi connectivity index (χ0n) is 16.1. The molecule has 2 saturated heterocycles. The number of alkyl halides is 6. The molecule has 4 rings (SSSR count). The minimum Gasteiger partial charge on any atom is -0.396 e. The topological polar surface area (TPSA) is 41.9 Å². The fourth-order valence-corrected chi connectivity index (χ4v) is 4.11. The molecule has 1 N–H and O–H groups in total. The summed E-state index contributed by atoms with van der Waals surface area (Å²) in [4.78, 5) is 1.79. The van der Waals surface area contributed by atoms with Crippen LogP contribution in [0.4, 0.5) is 26.3 Å². The van der Waals surface area contributed by atoms with E-state index < -0.39 is 41.5 Å². The Kier molecular flexibility index (Phi) is 5.53. The zero-order valence-corrected chi connectivity index (χ0v) is 16.1. The first kappa shape index (κ1) is 22.1. The monoisotopic (exact) mass is 447 g/mol. The van der Waals surface area contributed by atoms with Crippen molar-refractivity contribution >= 4 is 0 Å². The van der Waals surface area contributed by atoms with Crippen LogP contribution < -0.4 is 0 Å². The first-order valence-corrected chi connectivity index (χ1v) is 9.52. The summed E-state index contributed by atoms with van der Waals surface area (Å²) in [6.07, 6.45) is -10.2. The minimum absolute atomic E-state index is 0.163. The van der Waals surface area contributed by atoms with Gasteiger partial charge in [-0.15, -0.1) is 0 Å². The van der Waals surface area contributed by atoms with Crippen LogP contribution in [0.2, 0.25) is 0 Å². The van der Waals surface area contributed by atoms with Crippen molar-refractivity contribution in [1.29, 1.82) is 0 Å². The van der Waals surface area contributed by atoms with E-state index in [1.807, 2.05) is 0 Å². The first-order chi connectivity index (χ1) is 14.5. The van der Waals surface area contributed by atoms with Gasteiger partial charge >= 0.3 is 12.4 Å². The summed E-state index contributed by atoms with van der Waals surface area (Å²) >= 11 is 0. The molecule has 2 aromatic carbocycles. The second kappa shape index (κ2) is 7.77. The number of hydrogen-bond donors (Lipinski definition) is 1. The van der Waals surface area contributed by atoms with Crippen LogP contribution in [0.25, 0.3) is 0 Å². The molecule has 0 saturated carbocycles. The molecule has 2 aliphatic heterocycles. The van der Waals surface area contributed by atoms with Crippen LogP contribution >= 0.6 is 0 Å². The van der Waals surface area contributed by atoms with Crippen molar-refractivity contribution in [3.63, 3.8) is 0 Å².